The number of hydrogen-bond acceptors (Lipinski definition) is 7. The van der Waals surface area contributed by atoms with Crippen LogP contribution in [0, 0.1) is 5.41 Å². The van der Waals surface area contributed by atoms with Gasteiger partial charge in [-0.15, -0.1) is 0 Å². The summed E-state index contributed by atoms with van der Waals surface area (Å²) in [5.41, 5.74) is 9.76. The van der Waals surface area contributed by atoms with Gasteiger partial charge in [0.25, 0.3) is 0 Å². The molecule has 0 bridgehead atoms. The van der Waals surface area contributed by atoms with Crippen molar-refractivity contribution in [2.75, 3.05) is 6.61 Å². The highest BCUT2D eigenvalue weighted by atomic mass is 32.2. The summed E-state index contributed by atoms with van der Waals surface area (Å²) in [6, 6.07) is 18.1. The smallest absolute Gasteiger partial charge is 0.490 e. The number of hydrogen-bond donors (Lipinski definition) is 6. The third-order valence-electron chi connectivity index (χ3n) is 6.14. The summed E-state index contributed by atoms with van der Waals surface area (Å²) in [5.74, 6) is -3.41. The molecule has 11 nitrogen and oxygen atoms in total. The molecule has 0 saturated heterocycles. The van der Waals surface area contributed by atoms with Gasteiger partial charge in [0.05, 0.1) is 17.1 Å². The third-order valence-corrected chi connectivity index (χ3v) is 7.11. The van der Waals surface area contributed by atoms with E-state index >= 15 is 0 Å². The molecule has 232 valence electrons. The Morgan fingerprint density at radius 1 is 1.00 bits per heavy atom. The zero-order valence-corrected chi connectivity index (χ0v) is 23.8. The quantitative estimate of drug-likeness (QED) is 0.0930. The molecule has 44 heavy (non-hydrogen) atoms. The number of aromatic nitrogens is 1. The molecule has 0 unspecified atom stereocenters. The average molecular weight is 633 g/mol. The van der Waals surface area contributed by atoms with E-state index in [1.54, 1.807) is 67.7 Å². The van der Waals surface area contributed by atoms with Crippen LogP contribution in [0.25, 0.3) is 22.3 Å². The number of aromatic amines is 1. The van der Waals surface area contributed by atoms with Crippen molar-refractivity contribution >= 4 is 27.8 Å². The summed E-state index contributed by atoms with van der Waals surface area (Å²) < 4.78 is 61.1. The molecule has 15 heteroatoms. The number of carboxylic acid groups (broad SMARTS) is 1. The van der Waals surface area contributed by atoms with Gasteiger partial charge in [0.1, 0.15) is 11.6 Å². The van der Waals surface area contributed by atoms with E-state index in [0.717, 1.165) is 0 Å². The van der Waals surface area contributed by atoms with Crippen LogP contribution in [0.2, 0.25) is 0 Å². The predicted molar refractivity (Wildman–Crippen MR) is 155 cm³/mol. The Labute approximate surface area is 249 Å². The van der Waals surface area contributed by atoms with Gasteiger partial charge in [-0.2, -0.15) is 13.2 Å². The summed E-state index contributed by atoms with van der Waals surface area (Å²) >= 11 is 0. The molecule has 0 aliphatic rings. The van der Waals surface area contributed by atoms with Crippen LogP contribution in [-0.4, -0.2) is 54.2 Å². The lowest BCUT2D eigenvalue weighted by molar-refractivity contribution is -0.192. The van der Waals surface area contributed by atoms with Crippen molar-refractivity contribution in [1.82, 2.24) is 4.98 Å². The Kier molecular flexibility index (Phi) is 10.2. The molecule has 0 saturated carbocycles. The predicted octanol–water partition coefficient (Wildman–Crippen LogP) is 4.39. The van der Waals surface area contributed by atoms with E-state index in [1.165, 1.54) is 12.1 Å². The Balaban J connectivity index is 0.000000676. The van der Waals surface area contributed by atoms with Gasteiger partial charge in [-0.25, -0.2) is 23.1 Å². The largest absolute Gasteiger partial charge is 0.508 e. The Hall–Kier alpha value is -5.15. The van der Waals surface area contributed by atoms with Crippen molar-refractivity contribution in [1.29, 1.82) is 5.41 Å². The number of H-pyrrole nitrogens is 1. The molecule has 3 aromatic carbocycles. The first-order valence-electron chi connectivity index (χ1n) is 12.6. The Morgan fingerprint density at radius 2 is 1.57 bits per heavy atom. The first-order chi connectivity index (χ1) is 20.5. The number of esters is 1. The van der Waals surface area contributed by atoms with Gasteiger partial charge >= 0.3 is 18.1 Å². The zero-order valence-electron chi connectivity index (χ0n) is 23.0. The lowest BCUT2D eigenvalue weighted by atomic mass is 9.97. The number of carbonyl (C=O) groups is 2. The molecule has 4 rings (SSSR count). The third kappa shape index (κ3) is 8.02. The second-order valence-corrected chi connectivity index (χ2v) is 10.7. The molecule has 0 spiro atoms. The number of amidine groups is 1. The minimum Gasteiger partial charge on any atom is -0.508 e. The number of nitrogens with two attached hydrogens (primary N) is 2. The van der Waals surface area contributed by atoms with Crippen LogP contribution in [0.3, 0.4) is 0 Å². The molecule has 0 radical (unpaired) electrons. The molecule has 4 aromatic rings. The summed E-state index contributed by atoms with van der Waals surface area (Å²) in [7, 11) is -3.91. The minimum atomic E-state index is -5.08. The molecule has 0 aliphatic heterocycles. The first kappa shape index (κ1) is 33.4. The van der Waals surface area contributed by atoms with Gasteiger partial charge in [-0.3, -0.25) is 5.41 Å². The summed E-state index contributed by atoms with van der Waals surface area (Å²) in [4.78, 5) is 25.0. The molecule has 0 amide bonds. The molecular weight excluding hydrogens is 605 g/mol. The summed E-state index contributed by atoms with van der Waals surface area (Å²) in [5, 5.41) is 30.5. The number of benzene rings is 3. The highest BCUT2D eigenvalue weighted by Crippen LogP contribution is 2.33. The van der Waals surface area contributed by atoms with Gasteiger partial charge in [0.15, 0.2) is 0 Å². The number of rotatable bonds is 8. The molecule has 0 fully saturated rings. The molecule has 1 aromatic heterocycles. The molecule has 0 aliphatic carbocycles. The van der Waals surface area contributed by atoms with Crippen molar-refractivity contribution in [3.05, 3.63) is 95.3 Å². The second kappa shape index (κ2) is 13.4. The maximum atomic E-state index is 13.0. The SMILES string of the molecule is CCOC(=O)c1c(-c2ccc(-c3ccccc3S(N)(=O)=O)cc2)c[nH]c1Cc1cc(C(=N)N)ccc1O.O=C(O)C(F)(F)F. The van der Waals surface area contributed by atoms with Crippen molar-refractivity contribution in [2.24, 2.45) is 10.9 Å². The van der Waals surface area contributed by atoms with E-state index in [2.05, 4.69) is 4.98 Å². The van der Waals surface area contributed by atoms with Crippen LogP contribution in [0.4, 0.5) is 13.2 Å². The fourth-order valence-electron chi connectivity index (χ4n) is 4.14. The fourth-order valence-corrected chi connectivity index (χ4v) is 4.90. The van der Waals surface area contributed by atoms with Crippen LogP contribution >= 0.6 is 0 Å². The summed E-state index contributed by atoms with van der Waals surface area (Å²) in [6.07, 6.45) is -3.23. The number of primary sulfonamides is 1. The number of carboxylic acids is 1. The number of phenols is 1. The van der Waals surface area contributed by atoms with Crippen LogP contribution in [-0.2, 0) is 26.0 Å². The number of aliphatic carboxylic acids is 1. The number of carbonyl (C=O) groups excluding carboxylic acids is 1. The molecular formula is C29H27F3N4O7S. The van der Waals surface area contributed by atoms with Crippen molar-refractivity contribution in [3.63, 3.8) is 0 Å². The molecule has 1 heterocycles. The monoisotopic (exact) mass is 632 g/mol. The normalized spacial score (nSPS) is 11.3. The Morgan fingerprint density at radius 3 is 2.09 bits per heavy atom. The van der Waals surface area contributed by atoms with Crippen LogP contribution in [0.1, 0.15) is 34.1 Å². The van der Waals surface area contributed by atoms with Gasteiger partial charge in [-0.1, -0.05) is 42.5 Å². The van der Waals surface area contributed by atoms with Crippen molar-refractivity contribution < 1.29 is 46.1 Å². The van der Waals surface area contributed by atoms with E-state index in [-0.39, 0.29) is 29.5 Å². The second-order valence-electron chi connectivity index (χ2n) is 9.13. The number of phenolic OH excluding ortho intramolecular Hbond substituents is 1. The van der Waals surface area contributed by atoms with Gasteiger partial charge in [-0.05, 0) is 42.3 Å². The number of nitrogens with one attached hydrogen (secondary N) is 2. The van der Waals surface area contributed by atoms with E-state index < -0.39 is 28.1 Å². The number of ether oxygens (including phenoxy) is 1. The number of halogens is 3. The average Bonchev–Trinajstić information content (AvgIpc) is 3.37. The van der Waals surface area contributed by atoms with E-state index in [4.69, 9.17) is 30.9 Å². The molecule has 0 atom stereocenters. The number of sulfonamides is 1. The van der Waals surface area contributed by atoms with Crippen molar-refractivity contribution in [2.45, 2.75) is 24.4 Å². The zero-order chi connectivity index (χ0) is 32.8. The summed E-state index contributed by atoms with van der Waals surface area (Å²) in [6.45, 7) is 1.89. The van der Waals surface area contributed by atoms with Gasteiger partial charge in [0, 0.05) is 40.6 Å². The number of alkyl halides is 3. The highest BCUT2D eigenvalue weighted by molar-refractivity contribution is 7.89. The van der Waals surface area contributed by atoms with Gasteiger partial charge in [0.2, 0.25) is 10.0 Å². The van der Waals surface area contributed by atoms with E-state index in [1.807, 2.05) is 0 Å². The lowest BCUT2D eigenvalue weighted by Gasteiger charge is -2.11. The maximum Gasteiger partial charge on any atom is 0.490 e. The Bertz CT molecular complexity index is 1800. The van der Waals surface area contributed by atoms with Crippen molar-refractivity contribution in [3.8, 4) is 28.0 Å². The number of aromatic hydroxyl groups is 1. The maximum absolute atomic E-state index is 13.0. The highest BCUT2D eigenvalue weighted by Gasteiger charge is 2.38. The first-order valence-corrected chi connectivity index (χ1v) is 14.2. The topological polar surface area (TPSA) is 210 Å². The van der Waals surface area contributed by atoms with Crippen LogP contribution in [0.5, 0.6) is 5.75 Å². The minimum absolute atomic E-state index is 0.00818. The van der Waals surface area contributed by atoms with E-state index in [0.29, 0.717) is 44.6 Å². The van der Waals surface area contributed by atoms with Crippen LogP contribution in [0.15, 0.2) is 77.8 Å². The fraction of sp³-hybridized carbons (Fsp3) is 0.138. The van der Waals surface area contributed by atoms with E-state index in [9.17, 15) is 31.5 Å². The van der Waals surface area contributed by atoms with Crippen LogP contribution < -0.4 is 10.9 Å². The molecule has 8 N–H and O–H groups in total. The lowest BCUT2D eigenvalue weighted by Crippen LogP contribution is -2.21. The van der Waals surface area contributed by atoms with Gasteiger partial charge < -0.3 is 25.7 Å². The number of nitrogen functional groups attached to an aromatic ring is 1. The standard InChI is InChI=1S/C27H26N4O5S.C2HF3O2/c1-2-36-27(33)25-21(15-31-22(25)14-19-13-18(26(28)29)11-12-23(19)32)17-9-7-16(8-10-17)20-5-3-4-6-24(20)37(30,34)35;3-2(4,5)1(6)7/h3-13,15,31-32H,2,14H2,1H3,(H3,28,29)(H2,30,34,35);(H,6,7).